The summed E-state index contributed by atoms with van der Waals surface area (Å²) in [5, 5.41) is 7.53. The zero-order valence-corrected chi connectivity index (χ0v) is 18.6. The molecule has 4 aromatic rings. The topological polar surface area (TPSA) is 90.5 Å². The molecule has 0 radical (unpaired) electrons. The molecule has 2 heterocycles. The van der Waals surface area contributed by atoms with Crippen LogP contribution in [0.5, 0.6) is 11.6 Å². The molecule has 0 aliphatic heterocycles. The number of nitrogens with one attached hydrogen (secondary N) is 1. The van der Waals surface area contributed by atoms with E-state index < -0.39 is 11.6 Å². The Balaban J connectivity index is 1.57. The van der Waals surface area contributed by atoms with Gasteiger partial charge in [0.2, 0.25) is 11.6 Å². The monoisotopic (exact) mass is 451 g/mol. The van der Waals surface area contributed by atoms with Gasteiger partial charge in [-0.1, -0.05) is 43.6 Å². The lowest BCUT2D eigenvalue weighted by Crippen LogP contribution is -2.28. The van der Waals surface area contributed by atoms with Crippen LogP contribution in [-0.2, 0) is 11.3 Å². The standard InChI is InChI=1S/C23H22ClN5O3/c1-14(2)16-5-8-18(9-6-16)32-22-21-27-29(23(31)28(21)11-10-25-22)13-20(30)26-19-12-17(24)7-4-15(19)3/h4-12,14H,13H2,1-3H3,(H,26,30). The SMILES string of the molecule is Cc1ccc(Cl)cc1NC(=O)Cn1nc2c(Oc3ccc(C(C)C)cc3)nccn2c1=O. The van der Waals surface area contributed by atoms with E-state index >= 15 is 0 Å². The van der Waals surface area contributed by atoms with Crippen LogP contribution in [0, 0.1) is 6.92 Å². The summed E-state index contributed by atoms with van der Waals surface area (Å²) in [6.45, 7) is 5.81. The second kappa shape index (κ2) is 8.84. The first-order valence-electron chi connectivity index (χ1n) is 10.1. The molecule has 0 unspecified atom stereocenters. The Morgan fingerprint density at radius 1 is 1.19 bits per heavy atom. The van der Waals surface area contributed by atoms with Gasteiger partial charge in [-0.15, -0.1) is 5.10 Å². The number of fused-ring (bicyclic) bond motifs is 1. The number of carbonyl (C=O) groups is 1. The number of ether oxygens (including phenoxy) is 1. The summed E-state index contributed by atoms with van der Waals surface area (Å²) in [7, 11) is 0. The van der Waals surface area contributed by atoms with Gasteiger partial charge in [0.15, 0.2) is 0 Å². The maximum absolute atomic E-state index is 12.7. The van der Waals surface area contributed by atoms with Crippen LogP contribution in [0.15, 0.2) is 59.7 Å². The predicted octanol–water partition coefficient (Wildman–Crippen LogP) is 4.41. The quantitative estimate of drug-likeness (QED) is 0.469. The summed E-state index contributed by atoms with van der Waals surface area (Å²) >= 11 is 6.00. The summed E-state index contributed by atoms with van der Waals surface area (Å²) in [4.78, 5) is 29.5. The number of rotatable bonds is 6. The van der Waals surface area contributed by atoms with E-state index in [1.165, 1.54) is 22.4 Å². The number of hydrogen-bond donors (Lipinski definition) is 1. The van der Waals surface area contributed by atoms with Crippen molar-refractivity contribution in [1.29, 1.82) is 0 Å². The summed E-state index contributed by atoms with van der Waals surface area (Å²) < 4.78 is 8.23. The molecule has 9 heteroatoms. The molecule has 1 N–H and O–H groups in total. The van der Waals surface area contributed by atoms with Gasteiger partial charge in [0.25, 0.3) is 5.88 Å². The van der Waals surface area contributed by atoms with Gasteiger partial charge in [0.1, 0.15) is 12.3 Å². The minimum absolute atomic E-state index is 0.173. The van der Waals surface area contributed by atoms with E-state index in [9.17, 15) is 9.59 Å². The third-order valence-electron chi connectivity index (χ3n) is 5.00. The number of hydrogen-bond acceptors (Lipinski definition) is 5. The molecule has 0 saturated carbocycles. The number of carbonyl (C=O) groups excluding carboxylic acids is 1. The molecule has 0 bridgehead atoms. The van der Waals surface area contributed by atoms with Crippen molar-refractivity contribution in [3.8, 4) is 11.6 Å². The fourth-order valence-electron chi connectivity index (χ4n) is 3.19. The van der Waals surface area contributed by atoms with Gasteiger partial charge in [-0.05, 0) is 48.2 Å². The number of benzene rings is 2. The van der Waals surface area contributed by atoms with Crippen molar-refractivity contribution >= 4 is 28.8 Å². The van der Waals surface area contributed by atoms with E-state index in [0.29, 0.717) is 22.4 Å². The molecule has 2 aromatic carbocycles. The molecule has 2 aromatic heterocycles. The number of halogens is 1. The first kappa shape index (κ1) is 21.6. The van der Waals surface area contributed by atoms with Gasteiger partial charge in [-0.25, -0.2) is 18.9 Å². The predicted molar refractivity (Wildman–Crippen MR) is 123 cm³/mol. The minimum atomic E-state index is -0.472. The van der Waals surface area contributed by atoms with Crippen molar-refractivity contribution in [3.63, 3.8) is 0 Å². The van der Waals surface area contributed by atoms with Crippen molar-refractivity contribution in [2.45, 2.75) is 33.2 Å². The number of aryl methyl sites for hydroxylation is 1. The number of anilines is 1. The van der Waals surface area contributed by atoms with E-state index in [2.05, 4.69) is 29.2 Å². The van der Waals surface area contributed by atoms with Crippen molar-refractivity contribution in [3.05, 3.63) is 81.5 Å². The number of aromatic nitrogens is 4. The fourth-order valence-corrected chi connectivity index (χ4v) is 3.36. The summed E-state index contributed by atoms with van der Waals surface area (Å²) in [6.07, 6.45) is 2.93. The Kier molecular flexibility index (Phi) is 5.96. The zero-order valence-electron chi connectivity index (χ0n) is 17.9. The molecule has 0 fully saturated rings. The van der Waals surface area contributed by atoms with Gasteiger partial charge < -0.3 is 10.1 Å². The fraction of sp³-hybridized carbons (Fsp3) is 0.217. The Bertz CT molecular complexity index is 1340. The third kappa shape index (κ3) is 4.50. The van der Waals surface area contributed by atoms with Gasteiger partial charge in [-0.3, -0.25) is 4.79 Å². The molecule has 0 atom stereocenters. The Morgan fingerprint density at radius 2 is 1.94 bits per heavy atom. The Hall–Kier alpha value is -3.65. The molecule has 0 aliphatic rings. The van der Waals surface area contributed by atoms with E-state index in [1.807, 2.05) is 31.2 Å². The smallest absolute Gasteiger partial charge is 0.351 e. The molecule has 1 amide bonds. The van der Waals surface area contributed by atoms with E-state index in [-0.39, 0.29) is 18.1 Å². The Morgan fingerprint density at radius 3 is 2.66 bits per heavy atom. The molecule has 0 spiro atoms. The summed E-state index contributed by atoms with van der Waals surface area (Å²) in [5.74, 6) is 0.750. The average molecular weight is 452 g/mol. The lowest BCUT2D eigenvalue weighted by atomic mass is 10.0. The number of nitrogens with zero attached hydrogens (tertiary/aromatic N) is 4. The largest absolute Gasteiger partial charge is 0.436 e. The summed E-state index contributed by atoms with van der Waals surface area (Å²) in [5.41, 5.74) is 2.37. The van der Waals surface area contributed by atoms with Crippen LogP contribution in [0.1, 0.15) is 30.9 Å². The normalized spacial score (nSPS) is 11.2. The van der Waals surface area contributed by atoms with Crippen LogP contribution in [0.4, 0.5) is 5.69 Å². The van der Waals surface area contributed by atoms with Crippen molar-refractivity contribution in [2.24, 2.45) is 0 Å². The highest BCUT2D eigenvalue weighted by Crippen LogP contribution is 2.24. The van der Waals surface area contributed by atoms with Gasteiger partial charge in [-0.2, -0.15) is 0 Å². The molecule has 164 valence electrons. The molecule has 4 rings (SSSR count). The van der Waals surface area contributed by atoms with Gasteiger partial charge >= 0.3 is 5.69 Å². The molecular formula is C23H22ClN5O3. The molecule has 0 aliphatic carbocycles. The van der Waals surface area contributed by atoms with E-state index in [1.54, 1.807) is 18.2 Å². The van der Waals surface area contributed by atoms with Crippen molar-refractivity contribution in [1.82, 2.24) is 19.2 Å². The highest BCUT2D eigenvalue weighted by molar-refractivity contribution is 6.31. The van der Waals surface area contributed by atoms with Crippen molar-refractivity contribution < 1.29 is 9.53 Å². The summed E-state index contributed by atoms with van der Waals surface area (Å²) in [6, 6.07) is 12.8. The van der Waals surface area contributed by atoms with Crippen LogP contribution in [0.25, 0.3) is 5.65 Å². The van der Waals surface area contributed by atoms with Crippen molar-refractivity contribution in [2.75, 3.05) is 5.32 Å². The maximum atomic E-state index is 12.7. The van der Waals surface area contributed by atoms with Gasteiger partial charge in [0, 0.05) is 23.1 Å². The zero-order chi connectivity index (χ0) is 22.8. The minimum Gasteiger partial charge on any atom is -0.436 e. The molecule has 32 heavy (non-hydrogen) atoms. The lowest BCUT2D eigenvalue weighted by molar-refractivity contribution is -0.117. The highest BCUT2D eigenvalue weighted by atomic mass is 35.5. The third-order valence-corrected chi connectivity index (χ3v) is 5.23. The van der Waals surface area contributed by atoms with Crippen LogP contribution < -0.4 is 15.7 Å². The molecule has 8 nitrogen and oxygen atoms in total. The lowest BCUT2D eigenvalue weighted by Gasteiger charge is -2.08. The molecular weight excluding hydrogens is 430 g/mol. The first-order chi connectivity index (χ1) is 15.3. The second-order valence-corrected chi connectivity index (χ2v) is 8.14. The highest BCUT2D eigenvalue weighted by Gasteiger charge is 2.16. The van der Waals surface area contributed by atoms with E-state index in [0.717, 1.165) is 10.2 Å². The Labute approximate surface area is 189 Å². The number of amides is 1. The van der Waals surface area contributed by atoms with Gasteiger partial charge in [0.05, 0.1) is 0 Å². The average Bonchev–Trinajstić information content (AvgIpc) is 3.07. The van der Waals surface area contributed by atoms with Crippen LogP contribution >= 0.6 is 11.6 Å². The maximum Gasteiger partial charge on any atom is 0.351 e. The molecule has 0 saturated heterocycles. The van der Waals surface area contributed by atoms with Crippen LogP contribution in [-0.4, -0.2) is 25.1 Å². The van der Waals surface area contributed by atoms with E-state index in [4.69, 9.17) is 16.3 Å². The van der Waals surface area contributed by atoms with Crippen LogP contribution in [0.3, 0.4) is 0 Å². The second-order valence-electron chi connectivity index (χ2n) is 7.70. The first-order valence-corrected chi connectivity index (χ1v) is 10.5. The van der Waals surface area contributed by atoms with Crippen LogP contribution in [0.2, 0.25) is 5.02 Å².